The number of benzene rings is 1. The number of hydrogen-bond donors (Lipinski definition) is 1. The minimum absolute atomic E-state index is 0.200. The third kappa shape index (κ3) is 2.79. The Labute approximate surface area is 117 Å². The molecule has 2 rings (SSSR count). The molecule has 0 unspecified atom stereocenters. The molecule has 0 amide bonds. The lowest BCUT2D eigenvalue weighted by molar-refractivity contribution is 0.0694. The summed E-state index contributed by atoms with van der Waals surface area (Å²) in [6, 6.07) is 10.8. The van der Waals surface area contributed by atoms with Gasteiger partial charge in [0.25, 0.3) is 5.56 Å². The molecule has 2 aromatic rings. The highest BCUT2D eigenvalue weighted by Crippen LogP contribution is 2.19. The number of carbonyl (C=O) groups is 1. The molecule has 20 heavy (non-hydrogen) atoms. The maximum atomic E-state index is 12.1. The topological polar surface area (TPSA) is 59.3 Å². The lowest BCUT2D eigenvalue weighted by atomic mass is 9.97. The maximum Gasteiger partial charge on any atom is 0.341 e. The van der Waals surface area contributed by atoms with Gasteiger partial charge in [-0.1, -0.05) is 38.1 Å². The Hall–Kier alpha value is -2.36. The van der Waals surface area contributed by atoms with Crippen LogP contribution in [-0.4, -0.2) is 15.6 Å². The molecule has 0 spiro atoms. The molecule has 0 saturated heterocycles. The van der Waals surface area contributed by atoms with Crippen molar-refractivity contribution in [2.75, 3.05) is 0 Å². The van der Waals surface area contributed by atoms with Crippen molar-refractivity contribution >= 4 is 5.97 Å². The standard InChI is InChI=1S/C16H17NO3/c1-11(2)13-7-4-3-6-12(13)10-17-9-5-8-14(15(17)18)16(19)20/h3-9,11H,10H2,1-2H3,(H,19,20). The average Bonchev–Trinajstić information content (AvgIpc) is 2.41. The predicted molar refractivity (Wildman–Crippen MR) is 77.3 cm³/mol. The summed E-state index contributed by atoms with van der Waals surface area (Å²) in [7, 11) is 0. The van der Waals surface area contributed by atoms with Crippen molar-refractivity contribution < 1.29 is 9.90 Å². The summed E-state index contributed by atoms with van der Waals surface area (Å²) < 4.78 is 1.44. The second-order valence-corrected chi connectivity index (χ2v) is 5.01. The van der Waals surface area contributed by atoms with E-state index in [1.54, 1.807) is 12.3 Å². The van der Waals surface area contributed by atoms with Crippen molar-refractivity contribution in [2.45, 2.75) is 26.3 Å². The van der Waals surface area contributed by atoms with Crippen molar-refractivity contribution in [1.29, 1.82) is 0 Å². The van der Waals surface area contributed by atoms with Crippen LogP contribution in [0.3, 0.4) is 0 Å². The van der Waals surface area contributed by atoms with Gasteiger partial charge in [-0.15, -0.1) is 0 Å². The fourth-order valence-corrected chi connectivity index (χ4v) is 2.25. The number of aromatic carboxylic acids is 1. The molecule has 0 saturated carbocycles. The zero-order valence-electron chi connectivity index (χ0n) is 11.5. The number of nitrogens with zero attached hydrogens (tertiary/aromatic N) is 1. The molecule has 0 fully saturated rings. The Balaban J connectivity index is 2.44. The Kier molecular flexibility index (Phi) is 4.03. The first-order chi connectivity index (χ1) is 9.50. The Bertz CT molecular complexity index is 686. The minimum atomic E-state index is -1.19. The second-order valence-electron chi connectivity index (χ2n) is 5.01. The van der Waals surface area contributed by atoms with E-state index in [9.17, 15) is 9.59 Å². The lowest BCUT2D eigenvalue weighted by Gasteiger charge is -2.14. The first-order valence-electron chi connectivity index (χ1n) is 6.51. The van der Waals surface area contributed by atoms with Gasteiger partial charge < -0.3 is 9.67 Å². The van der Waals surface area contributed by atoms with Crippen LogP contribution in [0, 0.1) is 0 Å². The third-order valence-electron chi connectivity index (χ3n) is 3.27. The summed E-state index contributed by atoms with van der Waals surface area (Å²) in [5.41, 5.74) is 1.53. The van der Waals surface area contributed by atoms with Crippen molar-refractivity contribution in [3.63, 3.8) is 0 Å². The highest BCUT2D eigenvalue weighted by atomic mass is 16.4. The summed E-state index contributed by atoms with van der Waals surface area (Å²) in [5, 5.41) is 8.99. The molecular formula is C16H17NO3. The third-order valence-corrected chi connectivity index (χ3v) is 3.27. The second kappa shape index (κ2) is 5.74. The Morgan fingerprint density at radius 1 is 1.20 bits per heavy atom. The zero-order chi connectivity index (χ0) is 14.7. The van der Waals surface area contributed by atoms with E-state index in [0.717, 1.165) is 5.56 Å². The molecule has 1 aromatic heterocycles. The van der Waals surface area contributed by atoms with Crippen LogP contribution in [0.4, 0.5) is 0 Å². The van der Waals surface area contributed by atoms with Gasteiger partial charge in [0.2, 0.25) is 0 Å². The fourth-order valence-electron chi connectivity index (χ4n) is 2.25. The van der Waals surface area contributed by atoms with E-state index in [-0.39, 0.29) is 5.56 Å². The van der Waals surface area contributed by atoms with Crippen molar-refractivity contribution in [3.05, 3.63) is 69.6 Å². The quantitative estimate of drug-likeness (QED) is 0.930. The predicted octanol–water partition coefficient (Wildman–Crippen LogP) is 2.72. The van der Waals surface area contributed by atoms with E-state index in [1.165, 1.54) is 16.2 Å². The van der Waals surface area contributed by atoms with Crippen molar-refractivity contribution in [1.82, 2.24) is 4.57 Å². The van der Waals surface area contributed by atoms with Gasteiger partial charge in [0, 0.05) is 6.20 Å². The first kappa shape index (κ1) is 14.1. The van der Waals surface area contributed by atoms with Crippen LogP contribution < -0.4 is 5.56 Å². The van der Waals surface area contributed by atoms with Crippen LogP contribution >= 0.6 is 0 Å². The molecule has 0 radical (unpaired) electrons. The highest BCUT2D eigenvalue weighted by Gasteiger charge is 2.12. The van der Waals surface area contributed by atoms with E-state index in [1.807, 2.05) is 24.3 Å². The molecule has 0 aliphatic rings. The van der Waals surface area contributed by atoms with E-state index in [0.29, 0.717) is 12.5 Å². The van der Waals surface area contributed by atoms with Gasteiger partial charge in [-0.3, -0.25) is 4.79 Å². The molecule has 1 aromatic carbocycles. The van der Waals surface area contributed by atoms with E-state index in [2.05, 4.69) is 13.8 Å². The minimum Gasteiger partial charge on any atom is -0.477 e. The summed E-state index contributed by atoms with van der Waals surface area (Å²) in [6.07, 6.45) is 1.62. The molecule has 4 nitrogen and oxygen atoms in total. The molecule has 4 heteroatoms. The summed E-state index contributed by atoms with van der Waals surface area (Å²) in [6.45, 7) is 4.57. The van der Waals surface area contributed by atoms with Gasteiger partial charge in [-0.25, -0.2) is 4.79 Å². The highest BCUT2D eigenvalue weighted by molar-refractivity contribution is 5.86. The molecule has 0 aliphatic carbocycles. The Morgan fingerprint density at radius 3 is 2.55 bits per heavy atom. The molecule has 0 bridgehead atoms. The molecule has 104 valence electrons. The maximum absolute atomic E-state index is 12.1. The van der Waals surface area contributed by atoms with Crippen LogP contribution in [0.1, 0.15) is 41.3 Å². The fraction of sp³-hybridized carbons (Fsp3) is 0.250. The number of rotatable bonds is 4. The Morgan fingerprint density at radius 2 is 1.90 bits per heavy atom. The van der Waals surface area contributed by atoms with Crippen LogP contribution in [0.2, 0.25) is 0 Å². The monoisotopic (exact) mass is 271 g/mol. The smallest absolute Gasteiger partial charge is 0.341 e. The molecule has 1 heterocycles. The molecule has 1 N–H and O–H groups in total. The number of hydrogen-bond acceptors (Lipinski definition) is 2. The normalized spacial score (nSPS) is 10.8. The lowest BCUT2D eigenvalue weighted by Crippen LogP contribution is -2.26. The number of carboxylic acids is 1. The molecule has 0 aliphatic heterocycles. The van der Waals surface area contributed by atoms with E-state index >= 15 is 0 Å². The summed E-state index contributed by atoms with van der Waals surface area (Å²) >= 11 is 0. The van der Waals surface area contributed by atoms with Gasteiger partial charge in [0.15, 0.2) is 0 Å². The number of aromatic nitrogens is 1. The number of pyridine rings is 1. The number of carboxylic acid groups (broad SMARTS) is 1. The van der Waals surface area contributed by atoms with Gasteiger partial charge in [0.1, 0.15) is 5.56 Å². The van der Waals surface area contributed by atoms with Gasteiger partial charge in [-0.05, 0) is 29.2 Å². The van der Waals surface area contributed by atoms with Gasteiger partial charge in [-0.2, -0.15) is 0 Å². The molecule has 0 atom stereocenters. The van der Waals surface area contributed by atoms with Crippen molar-refractivity contribution in [3.8, 4) is 0 Å². The summed E-state index contributed by atoms with van der Waals surface area (Å²) in [5.74, 6) is -0.842. The van der Waals surface area contributed by atoms with Gasteiger partial charge in [0.05, 0.1) is 6.54 Å². The van der Waals surface area contributed by atoms with Crippen molar-refractivity contribution in [2.24, 2.45) is 0 Å². The van der Waals surface area contributed by atoms with Gasteiger partial charge >= 0.3 is 5.97 Å². The van der Waals surface area contributed by atoms with E-state index in [4.69, 9.17) is 5.11 Å². The largest absolute Gasteiger partial charge is 0.477 e. The van der Waals surface area contributed by atoms with Crippen LogP contribution in [-0.2, 0) is 6.54 Å². The molecular weight excluding hydrogens is 254 g/mol. The van der Waals surface area contributed by atoms with Crippen LogP contribution in [0.5, 0.6) is 0 Å². The SMILES string of the molecule is CC(C)c1ccccc1Cn1cccc(C(=O)O)c1=O. The summed E-state index contributed by atoms with van der Waals surface area (Å²) in [4.78, 5) is 23.1. The zero-order valence-corrected chi connectivity index (χ0v) is 11.5. The first-order valence-corrected chi connectivity index (χ1v) is 6.51. The average molecular weight is 271 g/mol. The van der Waals surface area contributed by atoms with E-state index < -0.39 is 11.5 Å². The van der Waals surface area contributed by atoms with Crippen LogP contribution in [0.15, 0.2) is 47.4 Å². The van der Waals surface area contributed by atoms with Crippen LogP contribution in [0.25, 0.3) is 0 Å².